The number of piperidine rings is 1. The fourth-order valence-corrected chi connectivity index (χ4v) is 11.7. The van der Waals surface area contributed by atoms with Gasteiger partial charge < -0.3 is 5.32 Å². The van der Waals surface area contributed by atoms with Crippen molar-refractivity contribution in [3.8, 4) is 0 Å². The lowest BCUT2D eigenvalue weighted by molar-refractivity contribution is -0.127. The average molecular weight is 594 g/mol. The summed E-state index contributed by atoms with van der Waals surface area (Å²) in [4.78, 5) is 15.2. The molecule has 1 aliphatic heterocycles. The van der Waals surface area contributed by atoms with Crippen molar-refractivity contribution in [2.45, 2.75) is 82.7 Å². The van der Waals surface area contributed by atoms with Crippen molar-refractivity contribution in [2.24, 2.45) is 16.7 Å². The number of nitrogens with zero attached hydrogens (tertiary/aromatic N) is 2. The first-order chi connectivity index (χ1) is 18.6. The molecule has 4 aliphatic rings. The topological polar surface area (TPSA) is 104 Å². The number of fused-ring (bicyclic) bond motifs is 4. The van der Waals surface area contributed by atoms with Crippen molar-refractivity contribution in [1.82, 2.24) is 14.5 Å². The van der Waals surface area contributed by atoms with Gasteiger partial charge in [-0.1, -0.05) is 38.1 Å². The Labute approximate surface area is 241 Å². The lowest BCUT2D eigenvalue weighted by Gasteiger charge is -2.45. The number of likely N-dealkylation sites (N-methyl/N-ethyl adjacent to an activating group) is 1. The van der Waals surface area contributed by atoms with Crippen LogP contribution in [0.3, 0.4) is 0 Å². The third-order valence-corrected chi connectivity index (χ3v) is 14.4. The van der Waals surface area contributed by atoms with Crippen molar-refractivity contribution < 1.29 is 21.6 Å². The Hall–Kier alpha value is -1.49. The summed E-state index contributed by atoms with van der Waals surface area (Å²) in [5, 5.41) is 3.24. The summed E-state index contributed by atoms with van der Waals surface area (Å²) in [6.45, 7) is 5.45. The molecular formula is C30H47N3O5S2. The van der Waals surface area contributed by atoms with E-state index < -0.39 is 31.3 Å². The Balaban J connectivity index is 1.32. The van der Waals surface area contributed by atoms with Crippen LogP contribution in [0.2, 0.25) is 0 Å². The van der Waals surface area contributed by atoms with E-state index in [2.05, 4.69) is 43.4 Å². The molecule has 1 heterocycles. The van der Waals surface area contributed by atoms with Crippen molar-refractivity contribution in [3.05, 3.63) is 35.4 Å². The lowest BCUT2D eigenvalue weighted by atomic mass is 9.69. The predicted molar refractivity (Wildman–Crippen MR) is 158 cm³/mol. The molecule has 3 aliphatic carbocycles. The van der Waals surface area contributed by atoms with Crippen LogP contribution in [-0.4, -0.2) is 89.0 Å². The van der Waals surface area contributed by atoms with Gasteiger partial charge in [-0.15, -0.1) is 0 Å². The quantitative estimate of drug-likeness (QED) is 0.472. The maximum Gasteiger partial charge on any atom is 0.237 e. The molecule has 1 N–H and O–H groups in total. The summed E-state index contributed by atoms with van der Waals surface area (Å²) in [5.41, 5.74) is 2.15. The number of carbonyl (C=O) groups is 1. The minimum Gasteiger partial charge on any atom is -0.351 e. The SMILES string of the molecule is CN(C)C(CCS(C)(=O)=O)C(=O)N[C@H]1C[C@H]2CC[C@]1(CS(=O)(=O)N1CCC3(CCc4ccccc43)CC1)C2(C)C. The average Bonchev–Trinajstić information content (AvgIpc) is 3.40. The summed E-state index contributed by atoms with van der Waals surface area (Å²) in [6.07, 6.45) is 7.78. The van der Waals surface area contributed by atoms with Crippen molar-refractivity contribution in [1.29, 1.82) is 0 Å². The van der Waals surface area contributed by atoms with Crippen molar-refractivity contribution >= 4 is 25.8 Å². The number of hydrogen-bond donors (Lipinski definition) is 1. The first-order valence-corrected chi connectivity index (χ1v) is 18.5. The molecule has 1 amide bonds. The van der Waals surface area contributed by atoms with Gasteiger partial charge in [0.1, 0.15) is 9.84 Å². The van der Waals surface area contributed by atoms with Gasteiger partial charge in [-0.2, -0.15) is 0 Å². The molecule has 8 nitrogen and oxygen atoms in total. The molecule has 0 radical (unpaired) electrons. The van der Waals surface area contributed by atoms with Crippen LogP contribution < -0.4 is 5.32 Å². The highest BCUT2D eigenvalue weighted by atomic mass is 32.2. The van der Waals surface area contributed by atoms with E-state index >= 15 is 0 Å². The normalized spacial score (nSPS) is 30.1. The Morgan fingerprint density at radius 3 is 2.38 bits per heavy atom. The van der Waals surface area contributed by atoms with Crippen LogP contribution in [0, 0.1) is 16.7 Å². The summed E-state index contributed by atoms with van der Waals surface area (Å²) in [5.74, 6) is 0.122. The molecule has 40 heavy (non-hydrogen) atoms. The fourth-order valence-electron chi connectivity index (χ4n) is 8.73. The number of amides is 1. The van der Waals surface area contributed by atoms with Crippen LogP contribution >= 0.6 is 0 Å². The fraction of sp³-hybridized carbons (Fsp3) is 0.767. The first kappa shape index (κ1) is 30.0. The predicted octanol–water partition coefficient (Wildman–Crippen LogP) is 2.97. The standard InChI is InChI=1S/C30H47N3O5S2/c1-28(2)23-11-14-30(28,26(20-23)31-27(34)25(32(3)4)12-19-39(5,35)36)21-40(37,38)33-17-15-29(16-18-33)13-10-22-8-6-7-9-24(22)29/h6-9,23,25-26H,10-21H2,1-5H3,(H,31,34)/t23-,25?,26+,30-/m1/s1. The van der Waals surface area contributed by atoms with E-state index in [1.165, 1.54) is 17.4 Å². The Kier molecular flexibility index (Phi) is 7.76. The lowest BCUT2D eigenvalue weighted by Crippen LogP contribution is -2.57. The zero-order valence-corrected chi connectivity index (χ0v) is 26.4. The molecule has 1 aromatic carbocycles. The van der Waals surface area contributed by atoms with Crippen LogP contribution in [-0.2, 0) is 36.5 Å². The van der Waals surface area contributed by atoms with E-state index in [9.17, 15) is 21.6 Å². The third-order valence-electron chi connectivity index (χ3n) is 11.4. The van der Waals surface area contributed by atoms with Gasteiger partial charge >= 0.3 is 0 Å². The largest absolute Gasteiger partial charge is 0.351 e. The zero-order chi connectivity index (χ0) is 29.1. The molecule has 3 fully saturated rings. The van der Waals surface area contributed by atoms with Crippen molar-refractivity contribution in [2.75, 3.05) is 44.9 Å². The van der Waals surface area contributed by atoms with E-state index in [1.807, 2.05) is 0 Å². The Morgan fingerprint density at radius 2 is 1.75 bits per heavy atom. The molecule has 1 aromatic rings. The van der Waals surface area contributed by atoms with E-state index in [4.69, 9.17) is 0 Å². The second-order valence-corrected chi connectivity index (χ2v) is 18.1. The number of aryl methyl sites for hydroxylation is 1. The van der Waals surface area contributed by atoms with Gasteiger partial charge in [-0.25, -0.2) is 21.1 Å². The first-order valence-electron chi connectivity index (χ1n) is 14.8. The summed E-state index contributed by atoms with van der Waals surface area (Å²) in [6, 6.07) is 7.80. The molecule has 1 saturated heterocycles. The second kappa shape index (κ2) is 10.3. The number of carbonyl (C=O) groups excluding carboxylic acids is 1. The van der Waals surface area contributed by atoms with Gasteiger partial charge in [0.25, 0.3) is 0 Å². The van der Waals surface area contributed by atoms with Gasteiger partial charge in [-0.3, -0.25) is 9.69 Å². The molecule has 1 spiro atoms. The van der Waals surface area contributed by atoms with E-state index in [0.717, 1.165) is 44.9 Å². The summed E-state index contributed by atoms with van der Waals surface area (Å²) < 4.78 is 53.5. The van der Waals surface area contributed by atoms with Crippen LogP contribution in [0.4, 0.5) is 0 Å². The highest BCUT2D eigenvalue weighted by Gasteiger charge is 2.66. The molecule has 2 bridgehead atoms. The van der Waals surface area contributed by atoms with Crippen LogP contribution in [0.1, 0.15) is 69.9 Å². The van der Waals surface area contributed by atoms with Gasteiger partial charge in [-0.05, 0) is 93.3 Å². The molecule has 10 heteroatoms. The van der Waals surface area contributed by atoms with E-state index in [0.29, 0.717) is 19.0 Å². The molecule has 2 saturated carbocycles. The van der Waals surface area contributed by atoms with Gasteiger partial charge in [0.15, 0.2) is 0 Å². The number of rotatable bonds is 9. The maximum absolute atomic E-state index is 14.1. The maximum atomic E-state index is 14.1. The molecule has 5 rings (SSSR count). The van der Waals surface area contributed by atoms with Crippen LogP contribution in [0.25, 0.3) is 0 Å². The minimum absolute atomic E-state index is 0.0496. The Bertz CT molecular complexity index is 1350. The monoisotopic (exact) mass is 593 g/mol. The molecule has 224 valence electrons. The summed E-state index contributed by atoms with van der Waals surface area (Å²) >= 11 is 0. The van der Waals surface area contributed by atoms with Gasteiger partial charge in [0.05, 0.1) is 17.5 Å². The number of sulfonamides is 1. The highest BCUT2D eigenvalue weighted by Crippen LogP contribution is 2.66. The molecule has 1 unspecified atom stereocenters. The van der Waals surface area contributed by atoms with E-state index in [-0.39, 0.29) is 40.7 Å². The van der Waals surface area contributed by atoms with E-state index in [1.54, 1.807) is 23.3 Å². The molecule has 4 atom stereocenters. The number of benzene rings is 1. The van der Waals surface area contributed by atoms with Crippen LogP contribution in [0.5, 0.6) is 0 Å². The molecular weight excluding hydrogens is 546 g/mol. The number of nitrogens with one attached hydrogen (secondary N) is 1. The van der Waals surface area contributed by atoms with Crippen LogP contribution in [0.15, 0.2) is 24.3 Å². The minimum atomic E-state index is -3.55. The highest BCUT2D eigenvalue weighted by molar-refractivity contribution is 7.90. The number of sulfone groups is 1. The summed E-state index contributed by atoms with van der Waals surface area (Å²) in [7, 11) is -3.19. The van der Waals surface area contributed by atoms with Gasteiger partial charge in [0.2, 0.25) is 15.9 Å². The second-order valence-electron chi connectivity index (χ2n) is 13.9. The smallest absolute Gasteiger partial charge is 0.237 e. The van der Waals surface area contributed by atoms with Gasteiger partial charge in [0, 0.05) is 30.8 Å². The molecule has 0 aromatic heterocycles. The number of hydrogen-bond acceptors (Lipinski definition) is 6. The van der Waals surface area contributed by atoms with Crippen molar-refractivity contribution in [3.63, 3.8) is 0 Å². The Morgan fingerprint density at radius 1 is 1.07 bits per heavy atom. The third kappa shape index (κ3) is 5.15. The zero-order valence-electron chi connectivity index (χ0n) is 24.8.